The molecule has 0 bridgehead atoms. The van der Waals surface area contributed by atoms with E-state index < -0.39 is 5.41 Å². The maximum Gasteiger partial charge on any atom is 0.276 e. The number of methoxy groups -OCH3 is 1. The van der Waals surface area contributed by atoms with Crippen LogP contribution in [0.25, 0.3) is 5.65 Å². The van der Waals surface area contributed by atoms with Gasteiger partial charge in [0.05, 0.1) is 24.0 Å². The van der Waals surface area contributed by atoms with Crippen LogP contribution < -0.4 is 5.56 Å². The van der Waals surface area contributed by atoms with E-state index in [4.69, 9.17) is 9.72 Å². The Morgan fingerprint density at radius 3 is 2.77 bits per heavy atom. The Morgan fingerprint density at radius 1 is 1.30 bits per heavy atom. The minimum absolute atomic E-state index is 0.0425. The zero-order valence-electron chi connectivity index (χ0n) is 18.0. The Balaban J connectivity index is 1.67. The number of hydrogen-bond acceptors (Lipinski definition) is 5. The number of likely N-dealkylation sites (tertiary alicyclic amines) is 1. The number of ether oxygens (including phenoxy) is 1. The third-order valence-electron chi connectivity index (χ3n) is 5.91. The molecule has 9 nitrogen and oxygen atoms in total. The number of rotatable bonds is 3. The Bertz CT molecular complexity index is 1050. The van der Waals surface area contributed by atoms with Gasteiger partial charge in [-0.1, -0.05) is 20.8 Å². The van der Waals surface area contributed by atoms with Crippen molar-refractivity contribution in [2.45, 2.75) is 52.6 Å². The Labute approximate surface area is 175 Å². The molecule has 2 amide bonds. The smallest absolute Gasteiger partial charge is 0.276 e. The zero-order chi connectivity index (χ0) is 21.6. The Morgan fingerprint density at radius 2 is 2.07 bits per heavy atom. The van der Waals surface area contributed by atoms with E-state index in [0.29, 0.717) is 43.0 Å². The van der Waals surface area contributed by atoms with Crippen LogP contribution in [0.5, 0.6) is 0 Å². The van der Waals surface area contributed by atoms with Crippen molar-refractivity contribution in [1.29, 1.82) is 0 Å². The van der Waals surface area contributed by atoms with E-state index in [0.717, 1.165) is 18.5 Å². The van der Waals surface area contributed by atoms with Crippen LogP contribution in [0.2, 0.25) is 0 Å². The summed E-state index contributed by atoms with van der Waals surface area (Å²) in [6.07, 6.45) is 2.21. The fourth-order valence-electron chi connectivity index (χ4n) is 4.43. The summed E-state index contributed by atoms with van der Waals surface area (Å²) >= 11 is 0. The Kier molecular flexibility index (Phi) is 5.17. The van der Waals surface area contributed by atoms with Crippen LogP contribution in [0.1, 0.15) is 56.6 Å². The molecular formula is C21H29N5O4. The van der Waals surface area contributed by atoms with Crippen LogP contribution >= 0.6 is 0 Å². The third-order valence-corrected chi connectivity index (χ3v) is 5.91. The minimum Gasteiger partial charge on any atom is -0.375 e. The Hall–Kier alpha value is -2.68. The summed E-state index contributed by atoms with van der Waals surface area (Å²) in [6.45, 7) is 7.26. The van der Waals surface area contributed by atoms with Crippen LogP contribution in [0.3, 0.4) is 0 Å². The van der Waals surface area contributed by atoms with Gasteiger partial charge in [-0.15, -0.1) is 0 Å². The number of fused-ring (bicyclic) bond motifs is 2. The molecule has 0 aromatic carbocycles. The quantitative estimate of drug-likeness (QED) is 0.814. The van der Waals surface area contributed by atoms with Gasteiger partial charge in [-0.05, 0) is 19.3 Å². The van der Waals surface area contributed by atoms with Crippen LogP contribution in [0, 0.1) is 5.41 Å². The van der Waals surface area contributed by atoms with Gasteiger partial charge in [-0.2, -0.15) is 0 Å². The molecule has 9 heteroatoms. The van der Waals surface area contributed by atoms with Gasteiger partial charge in [0.1, 0.15) is 6.61 Å². The molecule has 1 N–H and O–H groups in total. The van der Waals surface area contributed by atoms with Crippen LogP contribution in [0.15, 0.2) is 10.9 Å². The summed E-state index contributed by atoms with van der Waals surface area (Å²) in [6, 6.07) is 1.72. The van der Waals surface area contributed by atoms with Gasteiger partial charge < -0.3 is 14.5 Å². The van der Waals surface area contributed by atoms with Crippen molar-refractivity contribution < 1.29 is 14.3 Å². The standard InChI is InChI=1S/C21H29N5O4/c1-21(2,3)20(29)24-9-7-13-15(11-24)22-17-10-14(23-26(17)19(13)28)16-6-5-8-25(16)18(27)12-30-4/h10,16,23H,5-9,11-12H2,1-4H3. The topological polar surface area (TPSA) is 100 Å². The number of nitrogens with zero attached hydrogens (tertiary/aromatic N) is 4. The van der Waals surface area contributed by atoms with Crippen LogP contribution in [-0.4, -0.2) is 63.0 Å². The van der Waals surface area contributed by atoms with Crippen molar-refractivity contribution in [3.05, 3.63) is 33.4 Å². The summed E-state index contributed by atoms with van der Waals surface area (Å²) in [5, 5.41) is 3.17. The number of aromatic amines is 1. The summed E-state index contributed by atoms with van der Waals surface area (Å²) in [4.78, 5) is 46.4. The van der Waals surface area contributed by atoms with Gasteiger partial charge in [-0.25, -0.2) is 9.50 Å². The summed E-state index contributed by atoms with van der Waals surface area (Å²) in [5.74, 6) is -0.00208. The first-order valence-electron chi connectivity index (χ1n) is 10.4. The molecule has 4 rings (SSSR count). The van der Waals surface area contributed by atoms with E-state index in [1.165, 1.54) is 11.6 Å². The highest BCUT2D eigenvalue weighted by Gasteiger charge is 2.33. The molecule has 30 heavy (non-hydrogen) atoms. The molecular weight excluding hydrogens is 386 g/mol. The van der Waals surface area contributed by atoms with Crippen molar-refractivity contribution in [2.24, 2.45) is 5.41 Å². The van der Waals surface area contributed by atoms with Crippen molar-refractivity contribution in [3.8, 4) is 0 Å². The molecule has 2 aromatic heterocycles. The molecule has 162 valence electrons. The van der Waals surface area contributed by atoms with Crippen molar-refractivity contribution in [3.63, 3.8) is 0 Å². The first kappa shape index (κ1) is 20.6. The van der Waals surface area contributed by atoms with E-state index in [1.54, 1.807) is 9.80 Å². The monoisotopic (exact) mass is 415 g/mol. The van der Waals surface area contributed by atoms with Gasteiger partial charge >= 0.3 is 0 Å². The van der Waals surface area contributed by atoms with Crippen molar-refractivity contribution in [1.82, 2.24) is 24.4 Å². The van der Waals surface area contributed by atoms with E-state index in [2.05, 4.69) is 5.10 Å². The molecule has 4 heterocycles. The molecule has 0 radical (unpaired) electrons. The summed E-state index contributed by atoms with van der Waals surface area (Å²) in [5.41, 5.74) is 2.03. The highest BCUT2D eigenvalue weighted by Crippen LogP contribution is 2.31. The van der Waals surface area contributed by atoms with Crippen molar-refractivity contribution >= 4 is 17.5 Å². The number of H-pyrrole nitrogens is 1. The third kappa shape index (κ3) is 3.51. The average molecular weight is 415 g/mol. The zero-order valence-corrected chi connectivity index (χ0v) is 18.0. The number of nitrogens with one attached hydrogen (secondary N) is 1. The van der Waals surface area contributed by atoms with Crippen LogP contribution in [-0.2, 0) is 27.3 Å². The largest absolute Gasteiger partial charge is 0.375 e. The fourth-order valence-corrected chi connectivity index (χ4v) is 4.43. The second-order valence-electron chi connectivity index (χ2n) is 9.15. The second-order valence-corrected chi connectivity index (χ2v) is 9.15. The minimum atomic E-state index is -0.474. The molecule has 0 saturated carbocycles. The lowest BCUT2D eigenvalue weighted by Gasteiger charge is -2.32. The lowest BCUT2D eigenvalue weighted by atomic mass is 9.93. The van der Waals surface area contributed by atoms with Gasteiger partial charge in [0.2, 0.25) is 11.8 Å². The predicted molar refractivity (Wildman–Crippen MR) is 110 cm³/mol. The lowest BCUT2D eigenvalue weighted by molar-refractivity contribution is -0.140. The maximum atomic E-state index is 13.1. The molecule has 1 fully saturated rings. The molecule has 2 aliphatic heterocycles. The number of hydrogen-bond donors (Lipinski definition) is 1. The molecule has 1 unspecified atom stereocenters. The fraction of sp³-hybridized carbons (Fsp3) is 0.619. The molecule has 2 aromatic rings. The number of amides is 2. The van der Waals surface area contributed by atoms with E-state index in [1.807, 2.05) is 26.8 Å². The average Bonchev–Trinajstić information content (AvgIpc) is 3.33. The molecule has 1 atom stereocenters. The van der Waals surface area contributed by atoms with E-state index >= 15 is 0 Å². The molecule has 0 aliphatic carbocycles. The predicted octanol–water partition coefficient (Wildman–Crippen LogP) is 1.26. The number of carbonyl (C=O) groups is 2. The number of aromatic nitrogens is 3. The molecule has 0 spiro atoms. The first-order chi connectivity index (χ1) is 14.2. The number of carbonyl (C=O) groups excluding carboxylic acids is 2. The van der Waals surface area contributed by atoms with Gasteiger partial charge in [0, 0.05) is 37.2 Å². The molecule has 2 aliphatic rings. The highest BCUT2D eigenvalue weighted by atomic mass is 16.5. The summed E-state index contributed by atoms with van der Waals surface area (Å²) < 4.78 is 6.46. The van der Waals surface area contributed by atoms with E-state index in [9.17, 15) is 14.4 Å². The van der Waals surface area contributed by atoms with Gasteiger partial charge in [-0.3, -0.25) is 19.5 Å². The normalized spacial score (nSPS) is 19.4. The second kappa shape index (κ2) is 7.54. The molecule has 1 saturated heterocycles. The first-order valence-corrected chi connectivity index (χ1v) is 10.4. The SMILES string of the molecule is COCC(=O)N1CCCC1c1cc2nc3c(c(=O)n2[nH]1)CCN(C(=O)C(C)(C)C)C3. The van der Waals surface area contributed by atoms with Gasteiger partial charge in [0.15, 0.2) is 5.65 Å². The van der Waals surface area contributed by atoms with E-state index in [-0.39, 0.29) is 30.0 Å². The lowest BCUT2D eigenvalue weighted by Crippen LogP contribution is -2.44. The van der Waals surface area contributed by atoms with Crippen LogP contribution in [0.4, 0.5) is 0 Å². The maximum absolute atomic E-state index is 13.1. The highest BCUT2D eigenvalue weighted by molar-refractivity contribution is 5.81. The summed E-state index contributed by atoms with van der Waals surface area (Å²) in [7, 11) is 1.51. The van der Waals surface area contributed by atoms with Crippen molar-refractivity contribution in [2.75, 3.05) is 26.8 Å². The van der Waals surface area contributed by atoms with Gasteiger partial charge in [0.25, 0.3) is 5.56 Å².